The number of piperidine rings is 1. The average Bonchev–Trinajstić information content (AvgIpc) is 2.29. The molecule has 1 aliphatic heterocycles. The van der Waals surface area contributed by atoms with Gasteiger partial charge in [-0.3, -0.25) is 4.98 Å². The summed E-state index contributed by atoms with van der Waals surface area (Å²) in [7, 11) is 0. The molecule has 0 atom stereocenters. The van der Waals surface area contributed by atoms with Crippen molar-refractivity contribution in [1.82, 2.24) is 10.3 Å². The number of nitrogens with one attached hydrogen (secondary N) is 1. The van der Waals surface area contributed by atoms with E-state index in [9.17, 15) is 18.3 Å². The van der Waals surface area contributed by atoms with Crippen LogP contribution in [0, 0.1) is 0 Å². The molecule has 2 N–H and O–H groups in total. The lowest BCUT2D eigenvalue weighted by Crippen LogP contribution is -2.39. The van der Waals surface area contributed by atoms with Gasteiger partial charge >= 0.3 is 6.18 Å². The van der Waals surface area contributed by atoms with Crippen LogP contribution in [0.3, 0.4) is 0 Å². The highest BCUT2D eigenvalue weighted by Crippen LogP contribution is 2.32. The molecule has 0 unspecified atom stereocenters. The molecule has 0 aliphatic carbocycles. The zero-order chi connectivity index (χ0) is 12.5. The SMILES string of the molecule is OC1(c2ccc(C(F)(F)F)nc2)CCNCC1. The molecule has 1 saturated heterocycles. The molecule has 94 valence electrons. The number of aromatic nitrogens is 1. The number of hydrogen-bond donors (Lipinski definition) is 2. The van der Waals surface area contributed by atoms with E-state index in [0.717, 1.165) is 12.3 Å². The van der Waals surface area contributed by atoms with Crippen LogP contribution in [0.5, 0.6) is 0 Å². The molecular formula is C11H13F3N2O. The Balaban J connectivity index is 2.23. The Kier molecular flexibility index (Phi) is 3.09. The molecular weight excluding hydrogens is 233 g/mol. The third-order valence-electron chi connectivity index (χ3n) is 3.02. The first-order valence-electron chi connectivity index (χ1n) is 5.39. The second-order valence-electron chi connectivity index (χ2n) is 4.21. The lowest BCUT2D eigenvalue weighted by Gasteiger charge is -2.32. The number of halogens is 3. The highest BCUT2D eigenvalue weighted by molar-refractivity contribution is 5.22. The number of hydrogen-bond acceptors (Lipinski definition) is 3. The fourth-order valence-corrected chi connectivity index (χ4v) is 1.97. The Morgan fingerprint density at radius 3 is 2.35 bits per heavy atom. The van der Waals surface area contributed by atoms with Gasteiger partial charge in [0.15, 0.2) is 0 Å². The van der Waals surface area contributed by atoms with Gasteiger partial charge in [0, 0.05) is 11.8 Å². The molecule has 1 fully saturated rings. The van der Waals surface area contributed by atoms with Gasteiger partial charge in [-0.15, -0.1) is 0 Å². The van der Waals surface area contributed by atoms with Crippen LogP contribution >= 0.6 is 0 Å². The zero-order valence-electron chi connectivity index (χ0n) is 9.09. The average molecular weight is 246 g/mol. The molecule has 0 saturated carbocycles. The fourth-order valence-electron chi connectivity index (χ4n) is 1.97. The van der Waals surface area contributed by atoms with Crippen molar-refractivity contribution in [3.05, 3.63) is 29.6 Å². The van der Waals surface area contributed by atoms with Gasteiger partial charge in [0.25, 0.3) is 0 Å². The third-order valence-corrected chi connectivity index (χ3v) is 3.02. The molecule has 3 nitrogen and oxygen atoms in total. The molecule has 1 aliphatic rings. The normalized spacial score (nSPS) is 20.2. The van der Waals surface area contributed by atoms with E-state index in [1.54, 1.807) is 0 Å². The van der Waals surface area contributed by atoms with Crippen LogP contribution in [0.4, 0.5) is 13.2 Å². The molecule has 1 aromatic heterocycles. The minimum atomic E-state index is -4.44. The van der Waals surface area contributed by atoms with Gasteiger partial charge in [0.1, 0.15) is 5.69 Å². The maximum Gasteiger partial charge on any atom is 0.433 e. The summed E-state index contributed by atoms with van der Waals surface area (Å²) in [6, 6.07) is 2.22. The van der Waals surface area contributed by atoms with Gasteiger partial charge in [-0.25, -0.2) is 0 Å². The van der Waals surface area contributed by atoms with Gasteiger partial charge in [0.05, 0.1) is 5.60 Å². The first-order chi connectivity index (χ1) is 7.92. The van der Waals surface area contributed by atoms with E-state index in [-0.39, 0.29) is 0 Å². The van der Waals surface area contributed by atoms with E-state index in [4.69, 9.17) is 0 Å². The van der Waals surface area contributed by atoms with Crippen LogP contribution in [-0.2, 0) is 11.8 Å². The van der Waals surface area contributed by atoms with Crippen molar-refractivity contribution in [2.45, 2.75) is 24.6 Å². The van der Waals surface area contributed by atoms with Gasteiger partial charge in [0.2, 0.25) is 0 Å². The first kappa shape index (κ1) is 12.3. The second-order valence-corrected chi connectivity index (χ2v) is 4.21. The van der Waals surface area contributed by atoms with E-state index in [0.29, 0.717) is 31.5 Å². The van der Waals surface area contributed by atoms with Crippen molar-refractivity contribution in [3.63, 3.8) is 0 Å². The Bertz CT molecular complexity index is 383. The molecule has 2 rings (SSSR count). The van der Waals surface area contributed by atoms with E-state index in [1.807, 2.05) is 0 Å². The Morgan fingerprint density at radius 1 is 1.24 bits per heavy atom. The first-order valence-corrected chi connectivity index (χ1v) is 5.39. The monoisotopic (exact) mass is 246 g/mol. The van der Waals surface area contributed by atoms with E-state index < -0.39 is 17.5 Å². The van der Waals surface area contributed by atoms with Crippen molar-refractivity contribution in [2.75, 3.05) is 13.1 Å². The van der Waals surface area contributed by atoms with Crippen molar-refractivity contribution in [3.8, 4) is 0 Å². The van der Waals surface area contributed by atoms with Gasteiger partial charge in [-0.2, -0.15) is 13.2 Å². The van der Waals surface area contributed by atoms with Crippen LogP contribution in [0.15, 0.2) is 18.3 Å². The van der Waals surface area contributed by atoms with Crippen LogP contribution in [0.2, 0.25) is 0 Å². The second kappa shape index (κ2) is 4.27. The predicted octanol–water partition coefficient (Wildman–Crippen LogP) is 1.67. The van der Waals surface area contributed by atoms with Crippen molar-refractivity contribution >= 4 is 0 Å². The smallest absolute Gasteiger partial charge is 0.385 e. The third kappa shape index (κ3) is 2.58. The zero-order valence-corrected chi connectivity index (χ0v) is 9.09. The largest absolute Gasteiger partial charge is 0.433 e. The van der Waals surface area contributed by atoms with Gasteiger partial charge in [-0.05, 0) is 32.0 Å². The lowest BCUT2D eigenvalue weighted by atomic mass is 9.86. The molecule has 6 heteroatoms. The molecule has 17 heavy (non-hydrogen) atoms. The van der Waals surface area contributed by atoms with Crippen LogP contribution in [0.25, 0.3) is 0 Å². The van der Waals surface area contributed by atoms with E-state index >= 15 is 0 Å². The molecule has 0 amide bonds. The summed E-state index contributed by atoms with van der Waals surface area (Å²) in [5.41, 5.74) is -1.53. The number of alkyl halides is 3. The standard InChI is InChI=1S/C11H13F3N2O/c12-11(13,14)9-2-1-8(7-16-9)10(17)3-5-15-6-4-10/h1-2,7,15,17H,3-6H2. The van der Waals surface area contributed by atoms with Crippen LogP contribution in [0.1, 0.15) is 24.1 Å². The number of nitrogens with zero attached hydrogens (tertiary/aromatic N) is 1. The molecule has 2 heterocycles. The van der Waals surface area contributed by atoms with Crippen LogP contribution < -0.4 is 5.32 Å². The number of aliphatic hydroxyl groups is 1. The van der Waals surface area contributed by atoms with Crippen molar-refractivity contribution in [1.29, 1.82) is 0 Å². The summed E-state index contributed by atoms with van der Waals surface area (Å²) >= 11 is 0. The molecule has 0 aromatic carbocycles. The summed E-state index contributed by atoms with van der Waals surface area (Å²) in [5, 5.41) is 13.4. The predicted molar refractivity (Wildman–Crippen MR) is 55.2 cm³/mol. The van der Waals surface area contributed by atoms with E-state index in [2.05, 4.69) is 10.3 Å². The molecule has 0 spiro atoms. The topological polar surface area (TPSA) is 45.2 Å². The van der Waals surface area contributed by atoms with E-state index in [1.165, 1.54) is 6.07 Å². The lowest BCUT2D eigenvalue weighted by molar-refractivity contribution is -0.141. The number of pyridine rings is 1. The maximum absolute atomic E-state index is 12.3. The molecule has 0 radical (unpaired) electrons. The Morgan fingerprint density at radius 2 is 1.88 bits per heavy atom. The minimum absolute atomic E-state index is 0.451. The summed E-state index contributed by atoms with van der Waals surface area (Å²) in [6.07, 6.45) is -2.34. The van der Waals surface area contributed by atoms with Crippen molar-refractivity contribution in [2.24, 2.45) is 0 Å². The van der Waals surface area contributed by atoms with Crippen LogP contribution in [-0.4, -0.2) is 23.2 Å². The fraction of sp³-hybridized carbons (Fsp3) is 0.545. The summed E-state index contributed by atoms with van der Waals surface area (Å²) in [5.74, 6) is 0. The maximum atomic E-state index is 12.3. The van der Waals surface area contributed by atoms with Gasteiger partial charge in [-0.1, -0.05) is 6.07 Å². The quantitative estimate of drug-likeness (QED) is 0.792. The summed E-state index contributed by atoms with van der Waals surface area (Å²) in [4.78, 5) is 3.36. The van der Waals surface area contributed by atoms with Gasteiger partial charge < -0.3 is 10.4 Å². The highest BCUT2D eigenvalue weighted by atomic mass is 19.4. The molecule has 0 bridgehead atoms. The van der Waals surface area contributed by atoms with Crippen molar-refractivity contribution < 1.29 is 18.3 Å². The Hall–Kier alpha value is -1.14. The Labute approximate surface area is 96.7 Å². The summed E-state index contributed by atoms with van der Waals surface area (Å²) in [6.45, 7) is 1.30. The number of rotatable bonds is 1. The minimum Gasteiger partial charge on any atom is -0.385 e. The molecule has 1 aromatic rings. The highest BCUT2D eigenvalue weighted by Gasteiger charge is 2.35. The summed E-state index contributed by atoms with van der Waals surface area (Å²) < 4.78 is 37.0.